The second-order valence-corrected chi connectivity index (χ2v) is 8.95. The molecule has 1 aromatic heterocycles. The quantitative estimate of drug-likeness (QED) is 0.306. The number of hydrogen-bond donors (Lipinski definition) is 0. The second kappa shape index (κ2) is 11.9. The van der Waals surface area contributed by atoms with Crippen LogP contribution in [0.15, 0.2) is 46.3 Å². The van der Waals surface area contributed by atoms with Crippen LogP contribution < -0.4 is 19.8 Å². The highest BCUT2D eigenvalue weighted by molar-refractivity contribution is 5.83. The number of esters is 1. The number of carbonyl (C=O) groups is 1. The minimum Gasteiger partial charge on any atom is -0.493 e. The molecule has 1 saturated carbocycles. The Kier molecular flexibility index (Phi) is 8.43. The predicted molar refractivity (Wildman–Crippen MR) is 141 cm³/mol. The normalized spacial score (nSPS) is 15.0. The summed E-state index contributed by atoms with van der Waals surface area (Å²) in [5.74, 6) is 1.35. The van der Waals surface area contributed by atoms with Crippen molar-refractivity contribution in [1.82, 2.24) is 9.66 Å². The monoisotopic (exact) mass is 507 g/mol. The lowest BCUT2D eigenvalue weighted by Gasteiger charge is -2.22. The molecule has 2 aromatic carbocycles. The minimum absolute atomic E-state index is 0.174. The van der Waals surface area contributed by atoms with E-state index in [1.54, 1.807) is 38.3 Å². The lowest BCUT2D eigenvalue weighted by molar-refractivity contribution is -0.150. The number of fused-ring (bicyclic) bond motifs is 1. The van der Waals surface area contributed by atoms with E-state index in [1.807, 2.05) is 18.2 Å². The van der Waals surface area contributed by atoms with Crippen molar-refractivity contribution >= 4 is 23.1 Å². The molecule has 1 heterocycles. The van der Waals surface area contributed by atoms with Crippen molar-refractivity contribution in [2.75, 3.05) is 20.8 Å². The summed E-state index contributed by atoms with van der Waals surface area (Å²) in [5.41, 5.74) is 1.10. The maximum Gasteiger partial charge on any atom is 0.347 e. The van der Waals surface area contributed by atoms with Gasteiger partial charge in [0.15, 0.2) is 17.6 Å². The first-order chi connectivity index (χ1) is 18.0. The summed E-state index contributed by atoms with van der Waals surface area (Å²) in [6, 6.07) is 10.8. The van der Waals surface area contributed by atoms with Crippen LogP contribution in [0.1, 0.15) is 63.3 Å². The van der Waals surface area contributed by atoms with Gasteiger partial charge >= 0.3 is 5.97 Å². The molecule has 3 aromatic rings. The molecule has 1 aliphatic carbocycles. The topological polar surface area (TPSA) is 101 Å². The largest absolute Gasteiger partial charge is 0.493 e. The zero-order valence-electron chi connectivity index (χ0n) is 21.7. The van der Waals surface area contributed by atoms with Crippen LogP contribution >= 0.6 is 0 Å². The molecule has 0 saturated heterocycles. The number of rotatable bonds is 9. The fourth-order valence-electron chi connectivity index (χ4n) is 4.58. The maximum atomic E-state index is 13.4. The molecular weight excluding hydrogens is 474 g/mol. The molecule has 0 radical (unpaired) electrons. The third kappa shape index (κ3) is 5.76. The van der Waals surface area contributed by atoms with Crippen molar-refractivity contribution in [2.45, 2.75) is 58.0 Å². The number of benzene rings is 2. The average molecular weight is 508 g/mol. The van der Waals surface area contributed by atoms with Crippen molar-refractivity contribution in [3.05, 3.63) is 58.1 Å². The molecule has 9 nitrogen and oxygen atoms in total. The van der Waals surface area contributed by atoms with Crippen LogP contribution in [0.5, 0.6) is 17.2 Å². The number of ether oxygens (including phenoxy) is 4. The van der Waals surface area contributed by atoms with Crippen LogP contribution in [-0.2, 0) is 9.53 Å². The fourth-order valence-corrected chi connectivity index (χ4v) is 4.58. The number of carbonyl (C=O) groups excluding carboxylic acids is 1. The molecule has 0 bridgehead atoms. The zero-order chi connectivity index (χ0) is 26.4. The molecule has 0 aliphatic heterocycles. The number of hydrogen-bond acceptors (Lipinski definition) is 8. The van der Waals surface area contributed by atoms with Gasteiger partial charge in [-0.3, -0.25) is 4.79 Å². The van der Waals surface area contributed by atoms with Crippen molar-refractivity contribution in [3.8, 4) is 17.2 Å². The van der Waals surface area contributed by atoms with E-state index >= 15 is 0 Å². The van der Waals surface area contributed by atoms with E-state index in [-0.39, 0.29) is 23.8 Å². The number of aromatic nitrogens is 2. The Hall–Kier alpha value is -3.88. The summed E-state index contributed by atoms with van der Waals surface area (Å²) in [4.78, 5) is 30.4. The average Bonchev–Trinajstić information content (AvgIpc) is 2.93. The van der Waals surface area contributed by atoms with Gasteiger partial charge in [0, 0.05) is 11.5 Å². The van der Waals surface area contributed by atoms with E-state index in [0.717, 1.165) is 25.7 Å². The van der Waals surface area contributed by atoms with Crippen LogP contribution in [0.2, 0.25) is 0 Å². The number of para-hydroxylation sites is 1. The first kappa shape index (κ1) is 26.2. The minimum atomic E-state index is -0.859. The Morgan fingerprint density at radius 3 is 2.46 bits per heavy atom. The van der Waals surface area contributed by atoms with Crippen LogP contribution in [-0.4, -0.2) is 48.8 Å². The number of nitrogens with zero attached hydrogens (tertiary/aromatic N) is 3. The van der Waals surface area contributed by atoms with Gasteiger partial charge in [0.25, 0.3) is 5.56 Å². The molecule has 37 heavy (non-hydrogen) atoms. The SMILES string of the molecule is CCOC(=O)[C@H](C)Oc1c(OC)cc(C=Nn2c(C3CCCCC3)nc3ccccc3c2=O)cc1OC. The summed E-state index contributed by atoms with van der Waals surface area (Å²) >= 11 is 0. The second-order valence-electron chi connectivity index (χ2n) is 8.95. The van der Waals surface area contributed by atoms with Gasteiger partial charge in [0.05, 0.1) is 37.9 Å². The third-order valence-corrected chi connectivity index (χ3v) is 6.47. The van der Waals surface area contributed by atoms with Gasteiger partial charge in [-0.25, -0.2) is 9.78 Å². The lowest BCUT2D eigenvalue weighted by atomic mass is 9.88. The summed E-state index contributed by atoms with van der Waals surface area (Å²) in [5, 5.41) is 5.11. The van der Waals surface area contributed by atoms with Crippen molar-refractivity contribution in [1.29, 1.82) is 0 Å². The van der Waals surface area contributed by atoms with Gasteiger partial charge in [-0.2, -0.15) is 9.78 Å². The number of methoxy groups -OCH3 is 2. The Morgan fingerprint density at radius 2 is 1.81 bits per heavy atom. The Morgan fingerprint density at radius 1 is 1.14 bits per heavy atom. The molecule has 1 fully saturated rings. The molecule has 4 rings (SSSR count). The van der Waals surface area contributed by atoms with E-state index in [1.165, 1.54) is 25.3 Å². The van der Waals surface area contributed by atoms with E-state index in [4.69, 9.17) is 23.9 Å². The molecule has 0 spiro atoms. The highest BCUT2D eigenvalue weighted by Crippen LogP contribution is 2.39. The van der Waals surface area contributed by atoms with Gasteiger partial charge in [0.2, 0.25) is 5.75 Å². The third-order valence-electron chi connectivity index (χ3n) is 6.47. The fraction of sp³-hybridized carbons (Fsp3) is 0.429. The van der Waals surface area contributed by atoms with Crippen LogP contribution in [0.25, 0.3) is 10.9 Å². The van der Waals surface area contributed by atoms with E-state index in [0.29, 0.717) is 33.8 Å². The van der Waals surface area contributed by atoms with Crippen molar-refractivity contribution < 1.29 is 23.7 Å². The molecule has 0 N–H and O–H groups in total. The molecule has 1 aliphatic rings. The predicted octanol–water partition coefficient (Wildman–Crippen LogP) is 4.67. The Bertz CT molecular complexity index is 1320. The van der Waals surface area contributed by atoms with Crippen LogP contribution in [0, 0.1) is 0 Å². The lowest BCUT2D eigenvalue weighted by Crippen LogP contribution is -2.26. The van der Waals surface area contributed by atoms with Crippen LogP contribution in [0.3, 0.4) is 0 Å². The molecular formula is C28H33N3O6. The maximum absolute atomic E-state index is 13.4. The standard InChI is InChI=1S/C28H33N3O6/c1-5-36-28(33)18(2)37-25-23(34-3)15-19(16-24(25)35-4)17-29-31-26(20-11-7-6-8-12-20)30-22-14-10-9-13-21(22)27(31)32/h9-10,13-18,20H,5-8,11-12H2,1-4H3/t18-/m0/s1. The Labute approximate surface area is 216 Å². The van der Waals surface area contributed by atoms with Gasteiger partial charge in [-0.05, 0) is 51.0 Å². The van der Waals surface area contributed by atoms with E-state index in [9.17, 15) is 9.59 Å². The molecule has 196 valence electrons. The summed E-state index contributed by atoms with van der Waals surface area (Å²) in [6.07, 6.45) is 6.09. The highest BCUT2D eigenvalue weighted by atomic mass is 16.6. The summed E-state index contributed by atoms with van der Waals surface area (Å²) in [6.45, 7) is 3.58. The van der Waals surface area contributed by atoms with E-state index in [2.05, 4.69) is 5.10 Å². The first-order valence-corrected chi connectivity index (χ1v) is 12.6. The molecule has 0 amide bonds. The van der Waals surface area contributed by atoms with Crippen molar-refractivity contribution in [2.24, 2.45) is 5.10 Å². The highest BCUT2D eigenvalue weighted by Gasteiger charge is 2.24. The summed E-state index contributed by atoms with van der Waals surface area (Å²) < 4.78 is 23.3. The van der Waals surface area contributed by atoms with E-state index < -0.39 is 12.1 Å². The molecule has 0 unspecified atom stereocenters. The van der Waals surface area contributed by atoms with Gasteiger partial charge < -0.3 is 18.9 Å². The van der Waals surface area contributed by atoms with Gasteiger partial charge in [-0.15, -0.1) is 0 Å². The van der Waals surface area contributed by atoms with Gasteiger partial charge in [0.1, 0.15) is 5.82 Å². The smallest absolute Gasteiger partial charge is 0.347 e. The Balaban J connectivity index is 1.74. The first-order valence-electron chi connectivity index (χ1n) is 12.6. The zero-order valence-corrected chi connectivity index (χ0v) is 21.7. The van der Waals surface area contributed by atoms with Crippen molar-refractivity contribution in [3.63, 3.8) is 0 Å². The van der Waals surface area contributed by atoms with Gasteiger partial charge in [-0.1, -0.05) is 31.4 Å². The summed E-state index contributed by atoms with van der Waals surface area (Å²) in [7, 11) is 2.99. The van der Waals surface area contributed by atoms with Crippen LogP contribution in [0.4, 0.5) is 0 Å². The molecule has 9 heteroatoms. The molecule has 1 atom stereocenters.